The third-order valence-corrected chi connectivity index (χ3v) is 7.65. The van der Waals surface area contributed by atoms with Crippen LogP contribution in [0.3, 0.4) is 0 Å². The lowest BCUT2D eigenvalue weighted by Crippen LogP contribution is -2.64. The highest BCUT2D eigenvalue weighted by atomic mass is 16.5. The highest BCUT2D eigenvalue weighted by Crippen LogP contribution is 2.52. The monoisotopic (exact) mass is 420 g/mol. The van der Waals surface area contributed by atoms with Crippen molar-refractivity contribution in [2.24, 2.45) is 11.3 Å². The molecule has 2 aromatic carbocycles. The van der Waals surface area contributed by atoms with Crippen LogP contribution in [-0.2, 0) is 4.74 Å². The molecule has 1 aliphatic heterocycles. The Labute approximate surface area is 184 Å². The molecule has 0 bridgehead atoms. The van der Waals surface area contributed by atoms with Crippen LogP contribution in [0.5, 0.6) is 0 Å². The van der Waals surface area contributed by atoms with Gasteiger partial charge in [0.25, 0.3) is 0 Å². The normalized spacial score (nSPS) is 29.6. The maximum absolute atomic E-state index is 12.7. The number of carbonyl (C=O) groups excluding carboxylic acids is 1. The lowest BCUT2D eigenvalue weighted by atomic mass is 9.66. The van der Waals surface area contributed by atoms with Crippen molar-refractivity contribution in [2.45, 2.75) is 50.8 Å². The van der Waals surface area contributed by atoms with Gasteiger partial charge in [0.15, 0.2) is 0 Å². The highest BCUT2D eigenvalue weighted by molar-refractivity contribution is 5.79. The maximum atomic E-state index is 12.7. The van der Waals surface area contributed by atoms with E-state index in [1.54, 1.807) is 0 Å². The molecule has 1 saturated heterocycles. The van der Waals surface area contributed by atoms with Crippen molar-refractivity contribution in [2.75, 3.05) is 20.2 Å². The Morgan fingerprint density at radius 3 is 2.32 bits per heavy atom. The number of rotatable bonds is 4. The molecule has 31 heavy (non-hydrogen) atoms. The molecule has 0 radical (unpaired) electrons. The van der Waals surface area contributed by atoms with Gasteiger partial charge in [-0.3, -0.25) is 0 Å². The predicted molar refractivity (Wildman–Crippen MR) is 121 cm³/mol. The Bertz CT molecular complexity index is 940. The summed E-state index contributed by atoms with van der Waals surface area (Å²) < 4.78 is 5.69. The summed E-state index contributed by atoms with van der Waals surface area (Å²) in [6.07, 6.45) is 0.604. The molecule has 1 heterocycles. The maximum Gasteiger partial charge on any atom is 0.407 e. The summed E-state index contributed by atoms with van der Waals surface area (Å²) in [4.78, 5) is 15.0. The number of aliphatic hydroxyl groups excluding tert-OH is 1. The van der Waals surface area contributed by atoms with Crippen molar-refractivity contribution >= 4 is 6.09 Å². The van der Waals surface area contributed by atoms with E-state index in [0.717, 1.165) is 19.4 Å². The smallest absolute Gasteiger partial charge is 0.407 e. The van der Waals surface area contributed by atoms with Gasteiger partial charge in [-0.05, 0) is 48.1 Å². The quantitative estimate of drug-likeness (QED) is 0.785. The molecule has 0 aromatic heterocycles. The topological polar surface area (TPSA) is 61.8 Å². The minimum absolute atomic E-state index is 0.0450. The first kappa shape index (κ1) is 20.5. The molecule has 3 aliphatic rings. The van der Waals surface area contributed by atoms with Gasteiger partial charge in [-0.15, -0.1) is 0 Å². The predicted octanol–water partition coefficient (Wildman–Crippen LogP) is 4.00. The molecule has 1 amide bonds. The summed E-state index contributed by atoms with van der Waals surface area (Å²) in [5.74, 6) is 0.572. The number of likely N-dealkylation sites (tertiary alicyclic amines) is 1. The van der Waals surface area contributed by atoms with E-state index in [0.29, 0.717) is 18.6 Å². The van der Waals surface area contributed by atoms with Crippen LogP contribution in [0.4, 0.5) is 4.79 Å². The number of hydrogen-bond acceptors (Lipinski definition) is 4. The Morgan fingerprint density at radius 2 is 1.74 bits per heavy atom. The molecule has 2 unspecified atom stereocenters. The van der Waals surface area contributed by atoms with Crippen molar-refractivity contribution in [3.63, 3.8) is 0 Å². The lowest BCUT2D eigenvalue weighted by Gasteiger charge is -2.57. The largest absolute Gasteiger partial charge is 0.449 e. The molecule has 1 saturated carbocycles. The molecule has 5 rings (SSSR count). The number of hydrogen-bond donors (Lipinski definition) is 2. The number of nitrogens with one attached hydrogen (secondary N) is 1. The summed E-state index contributed by atoms with van der Waals surface area (Å²) >= 11 is 0. The van der Waals surface area contributed by atoms with Crippen LogP contribution in [0.2, 0.25) is 0 Å². The Hall–Kier alpha value is -2.37. The van der Waals surface area contributed by atoms with E-state index in [1.807, 2.05) is 24.3 Å². The second kappa shape index (κ2) is 7.64. The molecule has 1 spiro atoms. The number of amides is 1. The van der Waals surface area contributed by atoms with Gasteiger partial charge in [0.2, 0.25) is 0 Å². The number of fused-ring (bicyclic) bond motifs is 3. The van der Waals surface area contributed by atoms with Crippen LogP contribution < -0.4 is 5.32 Å². The standard InChI is InChI=1S/C26H32N2O3/c1-16(2)24-26(15-28(24)3)12-22(23(29)13-26)27-25(30)31-14-21-19-10-6-4-8-17(19)18-9-5-7-11-20(18)21/h4-11,16,21-24,29H,12-15H2,1-3H3,(H,27,30)/t22-,23-,24?,26?/m1/s1. The van der Waals surface area contributed by atoms with E-state index in [2.05, 4.69) is 55.4 Å². The van der Waals surface area contributed by atoms with Crippen LogP contribution in [0, 0.1) is 11.3 Å². The van der Waals surface area contributed by atoms with Gasteiger partial charge in [-0.2, -0.15) is 0 Å². The fraction of sp³-hybridized carbons (Fsp3) is 0.500. The van der Waals surface area contributed by atoms with Crippen LogP contribution in [0.15, 0.2) is 48.5 Å². The first-order valence-corrected chi connectivity index (χ1v) is 11.4. The van der Waals surface area contributed by atoms with Gasteiger partial charge in [0.05, 0.1) is 12.1 Å². The summed E-state index contributed by atoms with van der Waals surface area (Å²) in [7, 11) is 2.15. The van der Waals surface area contributed by atoms with Crippen molar-refractivity contribution in [3.8, 4) is 11.1 Å². The summed E-state index contributed by atoms with van der Waals surface area (Å²) in [5.41, 5.74) is 4.94. The zero-order chi connectivity index (χ0) is 21.8. The van der Waals surface area contributed by atoms with E-state index >= 15 is 0 Å². The minimum atomic E-state index is -0.518. The zero-order valence-corrected chi connectivity index (χ0v) is 18.5. The average molecular weight is 421 g/mol. The van der Waals surface area contributed by atoms with Crippen molar-refractivity contribution < 1.29 is 14.6 Å². The van der Waals surface area contributed by atoms with Gasteiger partial charge in [0.1, 0.15) is 6.61 Å². The summed E-state index contributed by atoms with van der Waals surface area (Å²) in [5, 5.41) is 13.6. The van der Waals surface area contributed by atoms with E-state index in [1.165, 1.54) is 22.3 Å². The fourth-order valence-corrected chi connectivity index (χ4v) is 6.79. The molecular formula is C26H32N2O3. The molecule has 5 nitrogen and oxygen atoms in total. The van der Waals surface area contributed by atoms with Crippen molar-refractivity contribution in [1.82, 2.24) is 10.2 Å². The molecule has 2 aliphatic carbocycles. The summed E-state index contributed by atoms with van der Waals surface area (Å²) in [6.45, 7) is 5.75. The average Bonchev–Trinajstić information content (AvgIpc) is 3.21. The molecule has 164 valence electrons. The number of alkyl carbamates (subject to hydrolysis) is 1. The zero-order valence-electron chi connectivity index (χ0n) is 18.5. The molecule has 5 heteroatoms. The Morgan fingerprint density at radius 1 is 1.13 bits per heavy atom. The first-order valence-electron chi connectivity index (χ1n) is 11.4. The van der Waals surface area contributed by atoms with Gasteiger partial charge < -0.3 is 20.1 Å². The number of benzene rings is 2. The van der Waals surface area contributed by atoms with Gasteiger partial charge >= 0.3 is 6.09 Å². The second-order valence-corrected chi connectivity index (χ2v) is 10.0. The van der Waals surface area contributed by atoms with E-state index in [4.69, 9.17) is 4.74 Å². The minimum Gasteiger partial charge on any atom is -0.449 e. The van der Waals surface area contributed by atoms with Gasteiger partial charge in [-0.25, -0.2) is 4.79 Å². The third-order valence-electron chi connectivity index (χ3n) is 7.65. The van der Waals surface area contributed by atoms with E-state index in [9.17, 15) is 9.90 Å². The summed E-state index contributed by atoms with van der Waals surface area (Å²) in [6, 6.07) is 16.9. The number of aliphatic hydroxyl groups is 1. The van der Waals surface area contributed by atoms with Crippen LogP contribution in [-0.4, -0.2) is 54.5 Å². The van der Waals surface area contributed by atoms with Gasteiger partial charge in [0, 0.05) is 23.9 Å². The molecular weight excluding hydrogens is 388 g/mol. The lowest BCUT2D eigenvalue weighted by molar-refractivity contribution is -0.0827. The second-order valence-electron chi connectivity index (χ2n) is 10.0. The number of nitrogens with zero attached hydrogens (tertiary/aromatic N) is 1. The number of carbonyl (C=O) groups is 1. The van der Waals surface area contributed by atoms with E-state index < -0.39 is 12.2 Å². The van der Waals surface area contributed by atoms with Crippen LogP contribution in [0.25, 0.3) is 11.1 Å². The fourth-order valence-electron chi connectivity index (χ4n) is 6.79. The molecule has 2 N–H and O–H groups in total. The van der Waals surface area contributed by atoms with Crippen LogP contribution in [0.1, 0.15) is 43.7 Å². The SMILES string of the molecule is CC(C)C1N(C)CC12C[C@@H](O)[C@H](NC(=O)OCC1c3ccccc3-c3ccccc31)C2. The van der Waals surface area contributed by atoms with Crippen molar-refractivity contribution in [1.29, 1.82) is 0 Å². The van der Waals surface area contributed by atoms with E-state index in [-0.39, 0.29) is 17.4 Å². The third kappa shape index (κ3) is 3.35. The van der Waals surface area contributed by atoms with Gasteiger partial charge in [-0.1, -0.05) is 62.4 Å². The first-order chi connectivity index (χ1) is 14.9. The molecule has 2 aromatic rings. The number of ether oxygens (including phenoxy) is 1. The Balaban J connectivity index is 1.23. The Kier molecular flexibility index (Phi) is 5.06. The molecule has 4 atom stereocenters. The highest BCUT2D eigenvalue weighted by Gasteiger charge is 2.58. The van der Waals surface area contributed by atoms with Crippen molar-refractivity contribution in [3.05, 3.63) is 59.7 Å². The van der Waals surface area contributed by atoms with Crippen LogP contribution >= 0.6 is 0 Å². The molecule has 2 fully saturated rings.